The van der Waals surface area contributed by atoms with Crippen LogP contribution in [0, 0.1) is 11.3 Å². The van der Waals surface area contributed by atoms with Crippen LogP contribution < -0.4 is 0 Å². The van der Waals surface area contributed by atoms with Crippen LogP contribution in [0.15, 0.2) is 0 Å². The van der Waals surface area contributed by atoms with Crippen molar-refractivity contribution in [1.29, 1.82) is 0 Å². The van der Waals surface area contributed by atoms with Crippen molar-refractivity contribution in [1.82, 2.24) is 0 Å². The van der Waals surface area contributed by atoms with E-state index in [0.29, 0.717) is 0 Å². The summed E-state index contributed by atoms with van der Waals surface area (Å²) in [6.07, 6.45) is 2.00. The minimum atomic E-state index is -2.41. The second kappa shape index (κ2) is 2.97. The van der Waals surface area contributed by atoms with E-state index in [1.54, 1.807) is 0 Å². The largest absolute Gasteiger partial charge is 0.248 e. The molecule has 0 nitrogen and oxygen atoms in total. The summed E-state index contributed by atoms with van der Waals surface area (Å²) in [6, 6.07) is 0. The van der Waals surface area contributed by atoms with Gasteiger partial charge in [0, 0.05) is 12.8 Å². The zero-order chi connectivity index (χ0) is 9.41. The molecule has 1 unspecified atom stereocenters. The highest BCUT2D eigenvalue weighted by molar-refractivity contribution is 4.88. The third kappa shape index (κ3) is 2.18. The smallest absolute Gasteiger partial charge is 0.207 e. The first kappa shape index (κ1) is 9.94. The topological polar surface area (TPSA) is 0 Å². The Kier molecular flexibility index (Phi) is 2.46. The molecule has 0 aromatic carbocycles. The lowest BCUT2D eigenvalue weighted by molar-refractivity contribution is -0.0963. The minimum Gasteiger partial charge on any atom is -0.207 e. The Morgan fingerprint density at radius 2 is 1.92 bits per heavy atom. The zero-order valence-electron chi connectivity index (χ0n) is 8.16. The first-order chi connectivity index (χ1) is 5.37. The molecule has 1 rings (SSSR count). The van der Waals surface area contributed by atoms with Gasteiger partial charge in [0.25, 0.3) is 0 Å². The Morgan fingerprint density at radius 3 is 2.33 bits per heavy atom. The summed E-state index contributed by atoms with van der Waals surface area (Å²) in [5, 5.41) is 0. The zero-order valence-corrected chi connectivity index (χ0v) is 8.16. The molecule has 1 saturated carbocycles. The van der Waals surface area contributed by atoms with Gasteiger partial charge in [-0.05, 0) is 17.8 Å². The van der Waals surface area contributed by atoms with Crippen molar-refractivity contribution in [2.45, 2.75) is 52.4 Å². The van der Waals surface area contributed by atoms with Crippen LogP contribution in [0.4, 0.5) is 8.78 Å². The van der Waals surface area contributed by atoms with E-state index < -0.39 is 5.92 Å². The SMILES string of the molecule is CCC1(C)C[C@H](C)CC(F)(F)C1. The predicted molar refractivity (Wildman–Crippen MR) is 46.4 cm³/mol. The lowest BCUT2D eigenvalue weighted by Crippen LogP contribution is -2.36. The van der Waals surface area contributed by atoms with Crippen molar-refractivity contribution in [3.63, 3.8) is 0 Å². The highest BCUT2D eigenvalue weighted by atomic mass is 19.3. The number of alkyl halides is 2. The van der Waals surface area contributed by atoms with Gasteiger partial charge in [0.1, 0.15) is 0 Å². The Hall–Kier alpha value is -0.140. The molecule has 0 aromatic rings. The molecule has 1 fully saturated rings. The minimum absolute atomic E-state index is 0.0842. The average Bonchev–Trinajstić information content (AvgIpc) is 1.82. The molecule has 0 spiro atoms. The van der Waals surface area contributed by atoms with Gasteiger partial charge in [0.15, 0.2) is 0 Å². The molecule has 0 amide bonds. The maximum absolute atomic E-state index is 13.1. The van der Waals surface area contributed by atoms with Crippen molar-refractivity contribution < 1.29 is 8.78 Å². The number of hydrogen-bond acceptors (Lipinski definition) is 0. The van der Waals surface area contributed by atoms with Gasteiger partial charge in [-0.15, -0.1) is 0 Å². The first-order valence-electron chi connectivity index (χ1n) is 4.75. The standard InChI is InChI=1S/C10H18F2/c1-4-9(3)5-8(2)6-10(11,12)7-9/h8H,4-7H2,1-3H3/t8-,9?/m0/s1. The fraction of sp³-hybridized carbons (Fsp3) is 1.00. The highest BCUT2D eigenvalue weighted by Gasteiger charge is 2.44. The summed E-state index contributed by atoms with van der Waals surface area (Å²) in [7, 11) is 0. The molecular weight excluding hydrogens is 158 g/mol. The van der Waals surface area contributed by atoms with Gasteiger partial charge in [-0.1, -0.05) is 27.2 Å². The summed E-state index contributed by atoms with van der Waals surface area (Å²) in [4.78, 5) is 0. The fourth-order valence-corrected chi connectivity index (χ4v) is 2.46. The summed E-state index contributed by atoms with van der Waals surface area (Å²) in [5.74, 6) is -2.23. The van der Waals surface area contributed by atoms with Gasteiger partial charge < -0.3 is 0 Å². The van der Waals surface area contributed by atoms with E-state index in [0.717, 1.165) is 12.8 Å². The summed E-state index contributed by atoms with van der Waals surface area (Å²) < 4.78 is 26.3. The van der Waals surface area contributed by atoms with Crippen LogP contribution >= 0.6 is 0 Å². The number of hydrogen-bond donors (Lipinski definition) is 0. The van der Waals surface area contributed by atoms with E-state index >= 15 is 0 Å². The molecule has 0 radical (unpaired) electrons. The Labute approximate surface area is 73.3 Å². The van der Waals surface area contributed by atoms with E-state index in [1.165, 1.54) is 0 Å². The van der Waals surface area contributed by atoms with Gasteiger partial charge >= 0.3 is 0 Å². The van der Waals surface area contributed by atoms with Gasteiger partial charge in [0.2, 0.25) is 5.92 Å². The van der Waals surface area contributed by atoms with E-state index in [1.807, 2.05) is 20.8 Å². The van der Waals surface area contributed by atoms with Crippen LogP contribution in [0.1, 0.15) is 46.5 Å². The summed E-state index contributed by atoms with van der Waals surface area (Å²) in [5.41, 5.74) is -0.124. The lowest BCUT2D eigenvalue weighted by Gasteiger charge is -2.40. The van der Waals surface area contributed by atoms with Crippen LogP contribution in [0.3, 0.4) is 0 Å². The fourth-order valence-electron chi connectivity index (χ4n) is 2.46. The van der Waals surface area contributed by atoms with E-state index in [-0.39, 0.29) is 24.2 Å². The third-order valence-corrected chi connectivity index (χ3v) is 3.03. The van der Waals surface area contributed by atoms with Crippen LogP contribution in [-0.2, 0) is 0 Å². The molecule has 2 heteroatoms. The van der Waals surface area contributed by atoms with Crippen LogP contribution in [0.5, 0.6) is 0 Å². The third-order valence-electron chi connectivity index (χ3n) is 3.03. The number of halogens is 2. The predicted octanol–water partition coefficient (Wildman–Crippen LogP) is 3.86. The number of rotatable bonds is 1. The molecule has 0 saturated heterocycles. The molecule has 12 heavy (non-hydrogen) atoms. The molecule has 0 aliphatic heterocycles. The van der Waals surface area contributed by atoms with E-state index in [9.17, 15) is 8.78 Å². The average molecular weight is 176 g/mol. The maximum atomic E-state index is 13.1. The van der Waals surface area contributed by atoms with Crippen molar-refractivity contribution in [3.05, 3.63) is 0 Å². The molecule has 0 heterocycles. The van der Waals surface area contributed by atoms with Gasteiger partial charge in [0.05, 0.1) is 0 Å². The summed E-state index contributed by atoms with van der Waals surface area (Å²) in [6.45, 7) is 5.92. The molecule has 0 bridgehead atoms. The normalized spacial score (nSPS) is 41.2. The Balaban J connectivity index is 2.70. The van der Waals surface area contributed by atoms with Crippen LogP contribution in [0.2, 0.25) is 0 Å². The van der Waals surface area contributed by atoms with Crippen LogP contribution in [0.25, 0.3) is 0 Å². The van der Waals surface area contributed by atoms with Gasteiger partial charge in [-0.2, -0.15) is 0 Å². The van der Waals surface area contributed by atoms with Gasteiger partial charge in [-0.25, -0.2) is 8.78 Å². The molecule has 2 atom stereocenters. The van der Waals surface area contributed by atoms with Crippen molar-refractivity contribution in [2.75, 3.05) is 0 Å². The molecular formula is C10H18F2. The van der Waals surface area contributed by atoms with Gasteiger partial charge in [-0.3, -0.25) is 0 Å². The first-order valence-corrected chi connectivity index (χ1v) is 4.75. The van der Waals surface area contributed by atoms with Crippen LogP contribution in [-0.4, -0.2) is 5.92 Å². The maximum Gasteiger partial charge on any atom is 0.248 e. The van der Waals surface area contributed by atoms with E-state index in [4.69, 9.17) is 0 Å². The summed E-state index contributed by atoms with van der Waals surface area (Å²) >= 11 is 0. The monoisotopic (exact) mass is 176 g/mol. The molecule has 0 aromatic heterocycles. The van der Waals surface area contributed by atoms with Crippen molar-refractivity contribution >= 4 is 0 Å². The molecule has 1 aliphatic carbocycles. The van der Waals surface area contributed by atoms with E-state index in [2.05, 4.69) is 0 Å². The quantitative estimate of drug-likeness (QED) is 0.569. The molecule has 72 valence electrons. The Bertz CT molecular complexity index is 165. The van der Waals surface area contributed by atoms with Crippen molar-refractivity contribution in [2.24, 2.45) is 11.3 Å². The second-order valence-electron chi connectivity index (χ2n) is 4.71. The highest BCUT2D eigenvalue weighted by Crippen LogP contribution is 2.48. The van der Waals surface area contributed by atoms with Crippen molar-refractivity contribution in [3.8, 4) is 0 Å². The lowest BCUT2D eigenvalue weighted by atomic mass is 9.68. The Morgan fingerprint density at radius 1 is 1.33 bits per heavy atom. The molecule has 0 N–H and O–H groups in total. The second-order valence-corrected chi connectivity index (χ2v) is 4.71. The molecule has 1 aliphatic rings.